The van der Waals surface area contributed by atoms with Crippen LogP contribution in [0.4, 0.5) is 11.4 Å². The van der Waals surface area contributed by atoms with Gasteiger partial charge in [0.15, 0.2) is 5.11 Å². The van der Waals surface area contributed by atoms with Crippen LogP contribution in [0.3, 0.4) is 0 Å². The third-order valence-electron chi connectivity index (χ3n) is 5.20. The van der Waals surface area contributed by atoms with Crippen LogP contribution in [0.5, 0.6) is 0 Å². The molecule has 0 saturated heterocycles. The number of non-ortho nitro benzene ring substituents is 1. The van der Waals surface area contributed by atoms with E-state index in [9.17, 15) is 19.7 Å². The second kappa shape index (κ2) is 10.2. The largest absolute Gasteiger partial charge is 0.463 e. The third kappa shape index (κ3) is 5.17. The lowest BCUT2D eigenvalue weighted by molar-refractivity contribution is -0.384. The Hall–Kier alpha value is -3.79. The van der Waals surface area contributed by atoms with Crippen molar-refractivity contribution in [2.75, 3.05) is 18.5 Å². The number of nitro groups is 1. The fraction of sp³-hybridized carbons (Fsp3) is 0.261. The van der Waals surface area contributed by atoms with Crippen molar-refractivity contribution in [2.45, 2.75) is 26.8 Å². The minimum absolute atomic E-state index is 0.160. The predicted molar refractivity (Wildman–Crippen MR) is 128 cm³/mol. The molecule has 0 spiro atoms. The zero-order valence-electron chi connectivity index (χ0n) is 18.5. The van der Waals surface area contributed by atoms with Crippen LogP contribution in [0.25, 0.3) is 0 Å². The number of carbonyl (C=O) groups is 2. The van der Waals surface area contributed by atoms with Crippen LogP contribution < -0.4 is 10.6 Å². The second-order valence-corrected chi connectivity index (χ2v) is 7.62. The Kier molecular flexibility index (Phi) is 7.39. The van der Waals surface area contributed by atoms with Gasteiger partial charge >= 0.3 is 5.97 Å². The average Bonchev–Trinajstić information content (AvgIpc) is 2.79. The highest BCUT2D eigenvalue weighted by molar-refractivity contribution is 7.80. The molecule has 1 heterocycles. The predicted octanol–water partition coefficient (Wildman–Crippen LogP) is 3.94. The molecule has 0 saturated carbocycles. The summed E-state index contributed by atoms with van der Waals surface area (Å²) in [6, 6.07) is 11.9. The van der Waals surface area contributed by atoms with E-state index in [1.54, 1.807) is 25.1 Å². The number of allylic oxidation sites excluding steroid dienone is 1. The van der Waals surface area contributed by atoms with Crippen molar-refractivity contribution in [1.29, 1.82) is 0 Å². The molecule has 2 N–H and O–H groups in total. The third-order valence-corrected chi connectivity index (χ3v) is 5.54. The summed E-state index contributed by atoms with van der Waals surface area (Å²) < 4.78 is 5.28. The maximum atomic E-state index is 12.8. The van der Waals surface area contributed by atoms with Gasteiger partial charge < -0.3 is 20.3 Å². The topological polar surface area (TPSA) is 114 Å². The fourth-order valence-corrected chi connectivity index (χ4v) is 4.03. The summed E-state index contributed by atoms with van der Waals surface area (Å²) in [7, 11) is 0. The Morgan fingerprint density at radius 2 is 1.94 bits per heavy atom. The number of nitro benzene ring substituents is 1. The molecule has 33 heavy (non-hydrogen) atoms. The summed E-state index contributed by atoms with van der Waals surface area (Å²) in [5.74, 6) is -0.933. The molecule has 0 aliphatic carbocycles. The van der Waals surface area contributed by atoms with Crippen molar-refractivity contribution < 1.29 is 19.2 Å². The minimum atomic E-state index is -0.561. The van der Waals surface area contributed by atoms with Crippen LogP contribution in [0.15, 0.2) is 59.8 Å². The first kappa shape index (κ1) is 23.9. The van der Waals surface area contributed by atoms with E-state index in [0.717, 1.165) is 0 Å². The lowest BCUT2D eigenvalue weighted by Gasteiger charge is -2.37. The van der Waals surface area contributed by atoms with Gasteiger partial charge in [-0.1, -0.05) is 18.2 Å². The molecule has 1 aliphatic heterocycles. The highest BCUT2D eigenvalue weighted by Gasteiger charge is 2.34. The van der Waals surface area contributed by atoms with Crippen molar-refractivity contribution in [3.8, 4) is 0 Å². The molecule has 1 atom stereocenters. The molecule has 2 aromatic rings. The monoisotopic (exact) mass is 468 g/mol. The lowest BCUT2D eigenvalue weighted by atomic mass is 9.94. The first-order chi connectivity index (χ1) is 15.8. The van der Waals surface area contributed by atoms with Gasteiger partial charge in [0, 0.05) is 35.6 Å². The number of nitrogens with zero attached hydrogens (tertiary/aromatic N) is 2. The van der Waals surface area contributed by atoms with E-state index in [1.807, 2.05) is 24.8 Å². The molecule has 172 valence electrons. The molecule has 0 bridgehead atoms. The number of hydrogen-bond donors (Lipinski definition) is 2. The van der Waals surface area contributed by atoms with Gasteiger partial charge in [0.25, 0.3) is 11.6 Å². The average molecular weight is 469 g/mol. The second-order valence-electron chi connectivity index (χ2n) is 7.23. The van der Waals surface area contributed by atoms with Gasteiger partial charge in [0.05, 0.1) is 23.1 Å². The summed E-state index contributed by atoms with van der Waals surface area (Å²) in [5, 5.41) is 17.4. The van der Waals surface area contributed by atoms with E-state index in [0.29, 0.717) is 34.2 Å². The van der Waals surface area contributed by atoms with Gasteiger partial charge in [0.1, 0.15) is 0 Å². The summed E-state index contributed by atoms with van der Waals surface area (Å²) >= 11 is 5.49. The number of thiocarbonyl (C=S) groups is 1. The number of ether oxygens (including phenoxy) is 1. The van der Waals surface area contributed by atoms with Gasteiger partial charge in [-0.15, -0.1) is 0 Å². The van der Waals surface area contributed by atoms with E-state index in [4.69, 9.17) is 17.0 Å². The Bertz CT molecular complexity index is 1150. The summed E-state index contributed by atoms with van der Waals surface area (Å²) in [5.41, 5.74) is 2.30. The van der Waals surface area contributed by atoms with Crippen molar-refractivity contribution in [3.05, 3.63) is 81.0 Å². The molecule has 0 radical (unpaired) electrons. The van der Waals surface area contributed by atoms with Gasteiger partial charge in [0.2, 0.25) is 0 Å². The molecule has 2 aromatic carbocycles. The molecule has 10 heteroatoms. The fourth-order valence-electron chi connectivity index (χ4n) is 3.65. The van der Waals surface area contributed by atoms with Crippen LogP contribution in [-0.4, -0.2) is 40.0 Å². The number of esters is 1. The molecule has 3 rings (SSSR count). The molecule has 0 aromatic heterocycles. The molecule has 0 fully saturated rings. The first-order valence-electron chi connectivity index (χ1n) is 10.4. The number of rotatable bonds is 7. The van der Waals surface area contributed by atoms with E-state index in [-0.39, 0.29) is 17.9 Å². The van der Waals surface area contributed by atoms with Crippen LogP contribution in [0.1, 0.15) is 42.7 Å². The Morgan fingerprint density at radius 3 is 2.61 bits per heavy atom. The van der Waals surface area contributed by atoms with Crippen LogP contribution in [-0.2, 0) is 9.53 Å². The Labute approximate surface area is 196 Å². The lowest BCUT2D eigenvalue weighted by Crippen LogP contribution is -2.47. The maximum absolute atomic E-state index is 12.8. The van der Waals surface area contributed by atoms with Gasteiger partial charge in [-0.3, -0.25) is 14.9 Å². The van der Waals surface area contributed by atoms with E-state index in [1.165, 1.54) is 24.3 Å². The number of carbonyl (C=O) groups excluding carboxylic acids is 2. The smallest absolute Gasteiger partial charge is 0.338 e. The molecule has 1 unspecified atom stereocenters. The summed E-state index contributed by atoms with van der Waals surface area (Å²) in [4.78, 5) is 37.7. The zero-order valence-corrected chi connectivity index (χ0v) is 19.3. The van der Waals surface area contributed by atoms with Crippen molar-refractivity contribution in [3.63, 3.8) is 0 Å². The number of anilines is 1. The summed E-state index contributed by atoms with van der Waals surface area (Å²) in [6.07, 6.45) is 0. The number of benzene rings is 2. The number of hydrogen-bond acceptors (Lipinski definition) is 6. The number of nitrogens with one attached hydrogen (secondary N) is 2. The minimum Gasteiger partial charge on any atom is -0.463 e. The molecule has 1 amide bonds. The van der Waals surface area contributed by atoms with Gasteiger partial charge in [-0.25, -0.2) is 4.79 Å². The highest BCUT2D eigenvalue weighted by atomic mass is 32.1. The van der Waals surface area contributed by atoms with Crippen molar-refractivity contribution in [1.82, 2.24) is 10.2 Å². The summed E-state index contributed by atoms with van der Waals surface area (Å²) in [6.45, 7) is 6.32. The van der Waals surface area contributed by atoms with E-state index >= 15 is 0 Å². The van der Waals surface area contributed by atoms with Gasteiger partial charge in [-0.2, -0.15) is 0 Å². The van der Waals surface area contributed by atoms with Crippen molar-refractivity contribution >= 4 is 40.6 Å². The molecular formula is C23H24N4O5S. The van der Waals surface area contributed by atoms with Gasteiger partial charge in [-0.05, 0) is 56.8 Å². The molecule has 1 aliphatic rings. The quantitative estimate of drug-likeness (QED) is 0.272. The standard InChI is InChI=1S/C23H24N4O5S/c1-4-26-14(3)19(22(29)32-5-2)20(25-23(26)33)15-8-6-10-17(12-15)24-21(28)16-9-7-11-18(13-16)27(30)31/h6-13,20H,4-5H2,1-3H3,(H,24,28)(H,25,33). The van der Waals surface area contributed by atoms with Crippen LogP contribution in [0.2, 0.25) is 0 Å². The first-order valence-corrected chi connectivity index (χ1v) is 10.8. The SMILES string of the molecule is CCOC(=O)C1=C(C)N(CC)C(=S)NC1c1cccc(NC(=O)c2cccc([N+](=O)[O-])c2)c1. The Balaban J connectivity index is 1.93. The number of amides is 1. The van der Waals surface area contributed by atoms with Crippen molar-refractivity contribution in [2.24, 2.45) is 0 Å². The normalized spacial score (nSPS) is 15.7. The Morgan fingerprint density at radius 1 is 1.21 bits per heavy atom. The van der Waals surface area contributed by atoms with Crippen LogP contribution >= 0.6 is 12.2 Å². The van der Waals surface area contributed by atoms with Crippen LogP contribution in [0, 0.1) is 10.1 Å². The molecule has 9 nitrogen and oxygen atoms in total. The zero-order chi connectivity index (χ0) is 24.1. The van der Waals surface area contributed by atoms with E-state index < -0.39 is 22.8 Å². The van der Waals surface area contributed by atoms with E-state index in [2.05, 4.69) is 10.6 Å². The highest BCUT2D eigenvalue weighted by Crippen LogP contribution is 2.32. The molecular weight excluding hydrogens is 444 g/mol. The maximum Gasteiger partial charge on any atom is 0.338 e.